The number of halogens is 1. The molecule has 0 saturated carbocycles. The summed E-state index contributed by atoms with van der Waals surface area (Å²) in [5, 5.41) is 11.4. The molecule has 206 valence electrons. The Balaban J connectivity index is 1.59. The zero-order valence-electron chi connectivity index (χ0n) is 22.5. The fourth-order valence-corrected chi connectivity index (χ4v) is 6.34. The van der Waals surface area contributed by atoms with Crippen LogP contribution in [0.25, 0.3) is 0 Å². The van der Waals surface area contributed by atoms with Crippen molar-refractivity contribution < 1.29 is 19.3 Å². The summed E-state index contributed by atoms with van der Waals surface area (Å²) < 4.78 is 0.852. The van der Waals surface area contributed by atoms with Crippen molar-refractivity contribution in [1.82, 2.24) is 4.90 Å². The molecular weight excluding hydrogens is 586 g/mol. The highest BCUT2D eigenvalue weighted by Gasteiger charge is 2.53. The standard InChI is InChI=1S/C32H26BrN3O5/c1-32(2)16-24-27(25(37)17-32)26(20-8-12-23(13-9-20)36(40)41)28-29(35(24)22-14-10-21(33)11-15-22)31(39)34(30(28)38)18-19-6-4-3-5-7-19/h3-15,26H,16-18H2,1-2H3. The van der Waals surface area contributed by atoms with E-state index in [0.29, 0.717) is 28.9 Å². The molecular formula is C32H26BrN3O5. The number of anilines is 1. The summed E-state index contributed by atoms with van der Waals surface area (Å²) in [4.78, 5) is 56.3. The smallest absolute Gasteiger partial charge is 0.278 e. The second-order valence-corrected chi connectivity index (χ2v) is 12.3. The van der Waals surface area contributed by atoms with Crippen LogP contribution in [-0.4, -0.2) is 27.4 Å². The average molecular weight is 612 g/mol. The van der Waals surface area contributed by atoms with Gasteiger partial charge in [-0.3, -0.25) is 29.4 Å². The van der Waals surface area contributed by atoms with Gasteiger partial charge in [0.25, 0.3) is 17.5 Å². The molecule has 2 aliphatic heterocycles. The van der Waals surface area contributed by atoms with E-state index in [4.69, 9.17) is 0 Å². The van der Waals surface area contributed by atoms with Gasteiger partial charge in [0.2, 0.25) is 0 Å². The fraction of sp³-hybridized carbons (Fsp3) is 0.219. The molecule has 0 radical (unpaired) electrons. The fourth-order valence-electron chi connectivity index (χ4n) is 6.07. The normalized spacial score (nSPS) is 20.0. The summed E-state index contributed by atoms with van der Waals surface area (Å²) >= 11 is 3.47. The highest BCUT2D eigenvalue weighted by molar-refractivity contribution is 9.10. The molecule has 0 N–H and O–H groups in total. The van der Waals surface area contributed by atoms with Gasteiger partial charge in [-0.25, -0.2) is 0 Å². The van der Waals surface area contributed by atoms with Gasteiger partial charge in [0, 0.05) is 45.9 Å². The molecule has 0 aromatic heterocycles. The van der Waals surface area contributed by atoms with Crippen LogP contribution < -0.4 is 4.90 Å². The van der Waals surface area contributed by atoms with Gasteiger partial charge >= 0.3 is 0 Å². The summed E-state index contributed by atoms with van der Waals surface area (Å²) in [6.07, 6.45) is 0.784. The van der Waals surface area contributed by atoms with Crippen molar-refractivity contribution in [3.8, 4) is 0 Å². The summed E-state index contributed by atoms with van der Waals surface area (Å²) in [7, 11) is 0. The highest BCUT2D eigenvalue weighted by atomic mass is 79.9. The lowest BCUT2D eigenvalue weighted by atomic mass is 9.68. The average Bonchev–Trinajstić information content (AvgIpc) is 3.17. The van der Waals surface area contributed by atoms with Gasteiger partial charge in [0.1, 0.15) is 5.70 Å². The van der Waals surface area contributed by atoms with Crippen molar-refractivity contribution in [3.05, 3.63) is 127 Å². The van der Waals surface area contributed by atoms with Crippen molar-refractivity contribution in [1.29, 1.82) is 0 Å². The molecule has 3 aliphatic rings. The maximum absolute atomic E-state index is 14.2. The molecule has 0 fully saturated rings. The number of carbonyl (C=O) groups is 3. The van der Waals surface area contributed by atoms with Gasteiger partial charge in [-0.2, -0.15) is 0 Å². The van der Waals surface area contributed by atoms with Crippen LogP contribution in [0.5, 0.6) is 0 Å². The lowest BCUT2D eigenvalue weighted by molar-refractivity contribution is -0.384. The van der Waals surface area contributed by atoms with Gasteiger partial charge in [-0.05, 0) is 47.2 Å². The van der Waals surface area contributed by atoms with Gasteiger partial charge in [-0.15, -0.1) is 0 Å². The predicted octanol–water partition coefficient (Wildman–Crippen LogP) is 6.43. The Morgan fingerprint density at radius 3 is 2.17 bits per heavy atom. The van der Waals surface area contributed by atoms with Crippen molar-refractivity contribution in [2.24, 2.45) is 5.41 Å². The molecule has 0 spiro atoms. The van der Waals surface area contributed by atoms with E-state index < -0.39 is 22.7 Å². The van der Waals surface area contributed by atoms with E-state index in [1.807, 2.05) is 68.4 Å². The number of hydrogen-bond acceptors (Lipinski definition) is 6. The Morgan fingerprint density at radius 2 is 1.54 bits per heavy atom. The van der Waals surface area contributed by atoms with E-state index >= 15 is 0 Å². The summed E-state index contributed by atoms with van der Waals surface area (Å²) in [5.41, 5.74) is 3.13. The third kappa shape index (κ3) is 4.60. The maximum Gasteiger partial charge on any atom is 0.278 e. The van der Waals surface area contributed by atoms with Crippen molar-refractivity contribution in [2.45, 2.75) is 39.2 Å². The van der Waals surface area contributed by atoms with E-state index in [0.717, 1.165) is 10.0 Å². The number of ketones is 1. The van der Waals surface area contributed by atoms with Crippen LogP contribution in [0, 0.1) is 15.5 Å². The van der Waals surface area contributed by atoms with Crippen LogP contribution in [0.2, 0.25) is 0 Å². The molecule has 2 heterocycles. The Bertz CT molecular complexity index is 1670. The summed E-state index contributed by atoms with van der Waals surface area (Å²) in [5.74, 6) is -1.84. The molecule has 0 bridgehead atoms. The molecule has 3 aromatic carbocycles. The number of amides is 2. The predicted molar refractivity (Wildman–Crippen MR) is 157 cm³/mol. The van der Waals surface area contributed by atoms with E-state index in [9.17, 15) is 24.5 Å². The van der Waals surface area contributed by atoms with Gasteiger partial charge in [0.05, 0.1) is 17.0 Å². The highest BCUT2D eigenvalue weighted by Crippen LogP contribution is 2.53. The quantitative estimate of drug-likeness (QED) is 0.187. The lowest BCUT2D eigenvalue weighted by Gasteiger charge is -2.43. The van der Waals surface area contributed by atoms with E-state index in [-0.39, 0.29) is 41.1 Å². The van der Waals surface area contributed by atoms with Crippen LogP contribution in [0.3, 0.4) is 0 Å². The van der Waals surface area contributed by atoms with Crippen molar-refractivity contribution in [3.63, 3.8) is 0 Å². The molecule has 9 heteroatoms. The SMILES string of the molecule is CC1(C)CC(=O)C2=C(C1)N(c1ccc(Br)cc1)C1=C(C(=O)N(Cc3ccccc3)C1=O)C2c1ccc([N+](=O)[O-])cc1. The van der Waals surface area contributed by atoms with Crippen LogP contribution in [0.4, 0.5) is 11.4 Å². The minimum Gasteiger partial charge on any atom is -0.308 e. The molecule has 6 rings (SSSR count). The number of rotatable bonds is 5. The third-order valence-electron chi connectivity index (χ3n) is 7.85. The minimum absolute atomic E-state index is 0.0801. The Hall–Kier alpha value is -4.37. The molecule has 0 saturated heterocycles. The van der Waals surface area contributed by atoms with E-state index in [1.165, 1.54) is 17.0 Å². The molecule has 1 unspecified atom stereocenters. The van der Waals surface area contributed by atoms with Crippen LogP contribution in [0.1, 0.15) is 43.7 Å². The number of carbonyl (C=O) groups excluding carboxylic acids is 3. The maximum atomic E-state index is 14.2. The first-order valence-corrected chi connectivity index (χ1v) is 14.1. The third-order valence-corrected chi connectivity index (χ3v) is 8.38. The van der Waals surface area contributed by atoms with Gasteiger partial charge in [-0.1, -0.05) is 72.2 Å². The molecule has 41 heavy (non-hydrogen) atoms. The number of nitro benzene ring substituents is 1. The minimum atomic E-state index is -0.826. The molecule has 1 atom stereocenters. The number of nitrogens with zero attached hydrogens (tertiary/aromatic N) is 3. The van der Waals surface area contributed by atoms with Crippen molar-refractivity contribution in [2.75, 3.05) is 4.90 Å². The first-order chi connectivity index (χ1) is 19.6. The number of non-ortho nitro benzene ring substituents is 1. The first kappa shape index (κ1) is 26.8. The number of imide groups is 1. The monoisotopic (exact) mass is 611 g/mol. The second kappa shape index (κ2) is 9.92. The number of Topliss-reactive ketones (excluding diaryl/α,β-unsaturated/α-hetero) is 1. The van der Waals surface area contributed by atoms with E-state index in [1.54, 1.807) is 17.0 Å². The van der Waals surface area contributed by atoms with E-state index in [2.05, 4.69) is 15.9 Å². The second-order valence-electron chi connectivity index (χ2n) is 11.3. The number of hydrogen-bond donors (Lipinski definition) is 0. The summed E-state index contributed by atoms with van der Waals surface area (Å²) in [6.45, 7) is 4.11. The van der Waals surface area contributed by atoms with Crippen molar-refractivity contribution >= 4 is 44.9 Å². The molecule has 1 aliphatic carbocycles. The molecule has 3 aromatic rings. The van der Waals surface area contributed by atoms with Crippen LogP contribution in [-0.2, 0) is 20.9 Å². The Labute approximate surface area is 245 Å². The first-order valence-electron chi connectivity index (χ1n) is 13.3. The number of nitro groups is 1. The Morgan fingerprint density at radius 1 is 0.878 bits per heavy atom. The van der Waals surface area contributed by atoms with Crippen LogP contribution in [0.15, 0.2) is 106 Å². The topological polar surface area (TPSA) is 101 Å². The van der Waals surface area contributed by atoms with Gasteiger partial charge < -0.3 is 4.90 Å². The molecule has 2 amide bonds. The number of benzene rings is 3. The Kier molecular flexibility index (Phi) is 6.49. The number of allylic oxidation sites excluding steroid dienone is 2. The zero-order chi connectivity index (χ0) is 29.1. The zero-order valence-corrected chi connectivity index (χ0v) is 24.1. The van der Waals surface area contributed by atoms with Gasteiger partial charge in [0.15, 0.2) is 5.78 Å². The van der Waals surface area contributed by atoms with Crippen LogP contribution >= 0.6 is 15.9 Å². The molecule has 8 nitrogen and oxygen atoms in total. The largest absolute Gasteiger partial charge is 0.308 e. The summed E-state index contributed by atoms with van der Waals surface area (Å²) in [6, 6.07) is 22.6. The lowest BCUT2D eigenvalue weighted by Crippen LogP contribution is -2.41.